The minimum atomic E-state index is -5.66. The third-order valence-electron chi connectivity index (χ3n) is 2.96. The van der Waals surface area contributed by atoms with Gasteiger partial charge in [0.05, 0.1) is 0 Å². The highest BCUT2D eigenvalue weighted by atomic mass is 32.2. The van der Waals surface area contributed by atoms with Crippen molar-refractivity contribution in [3.63, 3.8) is 0 Å². The van der Waals surface area contributed by atoms with Gasteiger partial charge in [-0.2, -0.15) is 21.6 Å². The maximum Gasteiger partial charge on any atom is 0.534 e. The SMILES string of the molecule is CCC(Cc1ccc(OS(=O)(=O)C(F)(F)F)cc1)C(C)=O. The summed E-state index contributed by atoms with van der Waals surface area (Å²) in [6, 6.07) is 5.14. The predicted octanol–water partition coefficient (Wildman–Crippen LogP) is 3.07. The maximum absolute atomic E-state index is 12.2. The van der Waals surface area contributed by atoms with Gasteiger partial charge in [0.25, 0.3) is 0 Å². The van der Waals surface area contributed by atoms with Crippen molar-refractivity contribution in [3.8, 4) is 5.75 Å². The van der Waals surface area contributed by atoms with Crippen molar-refractivity contribution >= 4 is 15.9 Å². The number of hydrogen-bond acceptors (Lipinski definition) is 4. The Hall–Kier alpha value is -1.57. The Morgan fingerprint density at radius 1 is 1.24 bits per heavy atom. The molecule has 4 nitrogen and oxygen atoms in total. The second-order valence-corrected chi connectivity index (χ2v) is 6.08. The van der Waals surface area contributed by atoms with Gasteiger partial charge in [-0.1, -0.05) is 19.1 Å². The highest BCUT2D eigenvalue weighted by Gasteiger charge is 2.48. The molecule has 8 heteroatoms. The summed E-state index contributed by atoms with van der Waals surface area (Å²) in [4.78, 5) is 11.3. The van der Waals surface area contributed by atoms with Crippen LogP contribution in [0.2, 0.25) is 0 Å². The lowest BCUT2D eigenvalue weighted by atomic mass is 9.94. The standard InChI is InChI=1S/C13H15F3O4S/c1-3-11(9(2)17)8-10-4-6-12(7-5-10)20-21(18,19)13(14,15)16/h4-7,11H,3,8H2,1-2H3. The van der Waals surface area contributed by atoms with Gasteiger partial charge in [-0.3, -0.25) is 4.79 Å². The molecule has 0 aliphatic rings. The third-order valence-corrected chi connectivity index (χ3v) is 3.94. The summed E-state index contributed by atoms with van der Waals surface area (Å²) in [7, 11) is -5.66. The molecule has 0 heterocycles. The number of rotatable bonds is 6. The molecule has 0 N–H and O–H groups in total. The zero-order valence-corrected chi connectivity index (χ0v) is 12.3. The fraction of sp³-hybridized carbons (Fsp3) is 0.462. The number of alkyl halides is 3. The average Bonchev–Trinajstić information content (AvgIpc) is 2.35. The Morgan fingerprint density at radius 2 is 1.76 bits per heavy atom. The molecular weight excluding hydrogens is 309 g/mol. The molecule has 21 heavy (non-hydrogen) atoms. The van der Waals surface area contributed by atoms with Crippen LogP contribution in [-0.2, 0) is 21.3 Å². The quantitative estimate of drug-likeness (QED) is 0.596. The third kappa shape index (κ3) is 4.73. The van der Waals surface area contributed by atoms with Crippen LogP contribution >= 0.6 is 0 Å². The smallest absolute Gasteiger partial charge is 0.376 e. The van der Waals surface area contributed by atoms with Gasteiger partial charge in [-0.05, 0) is 37.5 Å². The molecule has 1 unspecified atom stereocenters. The van der Waals surface area contributed by atoms with E-state index in [1.54, 1.807) is 0 Å². The molecule has 0 radical (unpaired) electrons. The molecule has 0 aliphatic heterocycles. The van der Waals surface area contributed by atoms with Gasteiger partial charge in [-0.15, -0.1) is 0 Å². The van der Waals surface area contributed by atoms with E-state index in [1.807, 2.05) is 6.92 Å². The van der Waals surface area contributed by atoms with Gasteiger partial charge < -0.3 is 4.18 Å². The molecule has 0 fully saturated rings. The second kappa shape index (κ2) is 6.46. The summed E-state index contributed by atoms with van der Waals surface area (Å²) >= 11 is 0. The molecule has 0 amide bonds. The van der Waals surface area contributed by atoms with Crippen molar-refractivity contribution < 1.29 is 30.6 Å². The molecule has 1 rings (SSSR count). The number of carbonyl (C=O) groups excluding carboxylic acids is 1. The summed E-state index contributed by atoms with van der Waals surface area (Å²) in [5, 5.41) is 0. The summed E-state index contributed by atoms with van der Waals surface area (Å²) in [6.45, 7) is 3.33. The van der Waals surface area contributed by atoms with Crippen LogP contribution in [0.1, 0.15) is 25.8 Å². The van der Waals surface area contributed by atoms with E-state index in [9.17, 15) is 26.4 Å². The molecule has 0 aliphatic carbocycles. The van der Waals surface area contributed by atoms with Gasteiger partial charge in [0.15, 0.2) is 0 Å². The first kappa shape index (κ1) is 17.5. The fourth-order valence-corrected chi connectivity index (χ4v) is 2.17. The highest BCUT2D eigenvalue weighted by molar-refractivity contribution is 7.87. The van der Waals surface area contributed by atoms with E-state index in [1.165, 1.54) is 19.1 Å². The predicted molar refractivity (Wildman–Crippen MR) is 70.2 cm³/mol. The lowest BCUT2D eigenvalue weighted by Gasteiger charge is -2.12. The van der Waals surface area contributed by atoms with Crippen LogP contribution in [0.5, 0.6) is 5.75 Å². The van der Waals surface area contributed by atoms with E-state index in [-0.39, 0.29) is 11.7 Å². The highest BCUT2D eigenvalue weighted by Crippen LogP contribution is 2.27. The van der Waals surface area contributed by atoms with E-state index in [2.05, 4.69) is 4.18 Å². The van der Waals surface area contributed by atoms with Crippen LogP contribution in [0, 0.1) is 5.92 Å². The zero-order chi connectivity index (χ0) is 16.3. The molecule has 1 atom stereocenters. The average molecular weight is 324 g/mol. The van der Waals surface area contributed by atoms with E-state index in [0.717, 1.165) is 12.1 Å². The molecule has 0 bridgehead atoms. The van der Waals surface area contributed by atoms with Gasteiger partial charge in [0, 0.05) is 5.92 Å². The van der Waals surface area contributed by atoms with Crippen molar-refractivity contribution in [1.29, 1.82) is 0 Å². The number of carbonyl (C=O) groups is 1. The number of halogens is 3. The second-order valence-electron chi connectivity index (χ2n) is 4.55. The molecule has 0 spiro atoms. The van der Waals surface area contributed by atoms with E-state index in [0.29, 0.717) is 18.4 Å². The summed E-state index contributed by atoms with van der Waals surface area (Å²) in [6.07, 6.45) is 1.09. The molecule has 0 saturated heterocycles. The zero-order valence-electron chi connectivity index (χ0n) is 11.5. The molecule has 1 aromatic carbocycles. The van der Waals surface area contributed by atoms with Gasteiger partial charge in [-0.25, -0.2) is 0 Å². The number of hydrogen-bond donors (Lipinski definition) is 0. The van der Waals surface area contributed by atoms with E-state index < -0.39 is 21.4 Å². The van der Waals surface area contributed by atoms with Crippen molar-refractivity contribution in [2.24, 2.45) is 5.92 Å². The Bertz CT molecular complexity index is 591. The van der Waals surface area contributed by atoms with E-state index >= 15 is 0 Å². The first-order chi connectivity index (χ1) is 9.56. The molecule has 0 saturated carbocycles. The van der Waals surface area contributed by atoms with Crippen molar-refractivity contribution in [3.05, 3.63) is 29.8 Å². The van der Waals surface area contributed by atoms with E-state index in [4.69, 9.17) is 0 Å². The molecule has 0 aromatic heterocycles. The lowest BCUT2D eigenvalue weighted by Crippen LogP contribution is -2.28. The molecule has 118 valence electrons. The monoisotopic (exact) mass is 324 g/mol. The van der Waals surface area contributed by atoms with Gasteiger partial charge in [0.1, 0.15) is 11.5 Å². The lowest BCUT2D eigenvalue weighted by molar-refractivity contribution is -0.120. The maximum atomic E-state index is 12.2. The summed E-state index contributed by atoms with van der Waals surface area (Å²) in [5.41, 5.74) is -4.75. The van der Waals surface area contributed by atoms with Crippen molar-refractivity contribution in [1.82, 2.24) is 0 Å². The number of Topliss-reactive ketones (excluding diaryl/α,β-unsaturated/α-hetero) is 1. The first-order valence-electron chi connectivity index (χ1n) is 6.17. The van der Waals surface area contributed by atoms with Gasteiger partial charge in [0.2, 0.25) is 0 Å². The fourth-order valence-electron chi connectivity index (χ4n) is 1.72. The van der Waals surface area contributed by atoms with Crippen molar-refractivity contribution in [2.75, 3.05) is 0 Å². The van der Waals surface area contributed by atoms with Crippen LogP contribution in [0.4, 0.5) is 13.2 Å². The van der Waals surface area contributed by atoms with Gasteiger partial charge >= 0.3 is 15.6 Å². The van der Waals surface area contributed by atoms with Crippen LogP contribution in [-0.4, -0.2) is 19.7 Å². The molecule has 1 aromatic rings. The number of benzene rings is 1. The Balaban J connectivity index is 2.82. The van der Waals surface area contributed by atoms with Crippen LogP contribution in [0.15, 0.2) is 24.3 Å². The Labute approximate surface area is 121 Å². The van der Waals surface area contributed by atoms with Crippen LogP contribution in [0.3, 0.4) is 0 Å². The summed E-state index contributed by atoms with van der Waals surface area (Å²) < 4.78 is 62.1. The normalized spacial score (nSPS) is 13.8. The Morgan fingerprint density at radius 3 is 2.14 bits per heavy atom. The van der Waals surface area contributed by atoms with Crippen LogP contribution < -0.4 is 4.18 Å². The van der Waals surface area contributed by atoms with Crippen LogP contribution in [0.25, 0.3) is 0 Å². The Kier molecular flexibility index (Phi) is 5.38. The number of ketones is 1. The largest absolute Gasteiger partial charge is 0.534 e. The molecular formula is C13H15F3O4S. The minimum Gasteiger partial charge on any atom is -0.376 e. The minimum absolute atomic E-state index is 0.0254. The van der Waals surface area contributed by atoms with Crippen molar-refractivity contribution in [2.45, 2.75) is 32.2 Å². The summed E-state index contributed by atoms with van der Waals surface area (Å²) in [5.74, 6) is -0.569. The topological polar surface area (TPSA) is 60.4 Å². The first-order valence-corrected chi connectivity index (χ1v) is 7.57.